The van der Waals surface area contributed by atoms with Crippen LogP contribution >= 0.6 is 11.3 Å². The SMILES string of the molecule is O=C(c1cnccn1)N1C[C@H]2C[C@H](C1)c1ccc(-c3cccs3)c(=O)n1C2. The molecule has 0 spiro atoms. The summed E-state index contributed by atoms with van der Waals surface area (Å²) in [6.07, 6.45) is 5.63. The zero-order valence-corrected chi connectivity index (χ0v) is 15.4. The molecule has 7 heteroatoms. The first-order valence-corrected chi connectivity index (χ1v) is 9.91. The topological polar surface area (TPSA) is 68.1 Å². The number of pyridine rings is 1. The molecule has 3 aromatic rings. The van der Waals surface area contributed by atoms with E-state index in [0.717, 1.165) is 22.6 Å². The lowest BCUT2D eigenvalue weighted by Crippen LogP contribution is -2.49. The van der Waals surface area contributed by atoms with Gasteiger partial charge in [-0.3, -0.25) is 14.6 Å². The molecule has 27 heavy (non-hydrogen) atoms. The average molecular weight is 378 g/mol. The van der Waals surface area contributed by atoms with E-state index in [1.54, 1.807) is 23.7 Å². The van der Waals surface area contributed by atoms with E-state index in [2.05, 4.69) is 16.0 Å². The fourth-order valence-corrected chi connectivity index (χ4v) is 5.05. The minimum Gasteiger partial charge on any atom is -0.336 e. The highest BCUT2D eigenvalue weighted by molar-refractivity contribution is 7.13. The van der Waals surface area contributed by atoms with E-state index in [4.69, 9.17) is 0 Å². The molecular weight excluding hydrogens is 360 g/mol. The number of amides is 1. The molecule has 6 nitrogen and oxygen atoms in total. The second-order valence-electron chi connectivity index (χ2n) is 7.16. The Labute approximate surface area is 160 Å². The van der Waals surface area contributed by atoms with Gasteiger partial charge in [0.15, 0.2) is 0 Å². The number of hydrogen-bond acceptors (Lipinski definition) is 5. The van der Waals surface area contributed by atoms with Crippen molar-refractivity contribution in [3.8, 4) is 10.4 Å². The van der Waals surface area contributed by atoms with Gasteiger partial charge in [-0.2, -0.15) is 0 Å². The molecule has 136 valence electrons. The highest BCUT2D eigenvalue weighted by atomic mass is 32.1. The lowest BCUT2D eigenvalue weighted by atomic mass is 9.83. The summed E-state index contributed by atoms with van der Waals surface area (Å²) >= 11 is 1.59. The highest BCUT2D eigenvalue weighted by Crippen LogP contribution is 2.36. The van der Waals surface area contributed by atoms with Gasteiger partial charge in [0, 0.05) is 48.5 Å². The van der Waals surface area contributed by atoms with Crippen LogP contribution in [-0.2, 0) is 6.54 Å². The smallest absolute Gasteiger partial charge is 0.274 e. The number of thiophene rings is 1. The number of aromatic nitrogens is 3. The zero-order chi connectivity index (χ0) is 18.4. The van der Waals surface area contributed by atoms with E-state index in [9.17, 15) is 9.59 Å². The largest absolute Gasteiger partial charge is 0.336 e. The highest BCUT2D eigenvalue weighted by Gasteiger charge is 2.37. The van der Waals surface area contributed by atoms with Gasteiger partial charge in [0.05, 0.1) is 11.8 Å². The van der Waals surface area contributed by atoms with Crippen molar-refractivity contribution in [3.63, 3.8) is 0 Å². The first kappa shape index (κ1) is 16.4. The number of rotatable bonds is 2. The van der Waals surface area contributed by atoms with Gasteiger partial charge in [-0.25, -0.2) is 4.98 Å². The maximum atomic E-state index is 13.1. The normalized spacial score (nSPS) is 21.0. The molecule has 1 saturated heterocycles. The maximum Gasteiger partial charge on any atom is 0.274 e. The number of piperidine rings is 1. The number of carbonyl (C=O) groups excluding carboxylic acids is 1. The Morgan fingerprint density at radius 2 is 2.07 bits per heavy atom. The molecule has 3 aromatic heterocycles. The fourth-order valence-electron chi connectivity index (χ4n) is 4.30. The Kier molecular flexibility index (Phi) is 3.89. The van der Waals surface area contributed by atoms with E-state index in [0.29, 0.717) is 25.3 Å². The number of likely N-dealkylation sites (tertiary alicyclic amines) is 1. The van der Waals surface area contributed by atoms with Crippen molar-refractivity contribution >= 4 is 17.2 Å². The minimum absolute atomic E-state index is 0.0798. The van der Waals surface area contributed by atoms with Crippen molar-refractivity contribution in [3.05, 3.63) is 70.0 Å². The van der Waals surface area contributed by atoms with Crippen LogP contribution < -0.4 is 5.56 Å². The van der Waals surface area contributed by atoms with Crippen molar-refractivity contribution in [2.75, 3.05) is 13.1 Å². The molecule has 0 radical (unpaired) electrons. The molecule has 2 atom stereocenters. The van der Waals surface area contributed by atoms with E-state index in [-0.39, 0.29) is 23.3 Å². The van der Waals surface area contributed by atoms with Crippen LogP contribution in [0.25, 0.3) is 10.4 Å². The monoisotopic (exact) mass is 378 g/mol. The third-order valence-corrected chi connectivity index (χ3v) is 6.36. The van der Waals surface area contributed by atoms with Gasteiger partial charge in [0.25, 0.3) is 11.5 Å². The van der Waals surface area contributed by atoms with Crippen molar-refractivity contribution in [1.82, 2.24) is 19.4 Å². The number of fused-ring (bicyclic) bond motifs is 4. The van der Waals surface area contributed by atoms with Crippen molar-refractivity contribution in [1.29, 1.82) is 0 Å². The van der Waals surface area contributed by atoms with Gasteiger partial charge in [0.1, 0.15) is 5.69 Å². The molecule has 1 fully saturated rings. The van der Waals surface area contributed by atoms with E-state index >= 15 is 0 Å². The number of hydrogen-bond donors (Lipinski definition) is 0. The Balaban J connectivity index is 1.47. The predicted molar refractivity (Wildman–Crippen MR) is 103 cm³/mol. The Morgan fingerprint density at radius 1 is 1.15 bits per heavy atom. The Hall–Kier alpha value is -2.80. The molecule has 5 heterocycles. The average Bonchev–Trinajstić information content (AvgIpc) is 3.23. The molecule has 0 saturated carbocycles. The lowest BCUT2D eigenvalue weighted by molar-refractivity contribution is 0.0588. The van der Waals surface area contributed by atoms with Crippen LogP contribution in [0, 0.1) is 5.92 Å². The van der Waals surface area contributed by atoms with Gasteiger partial charge in [-0.15, -0.1) is 11.3 Å². The first-order valence-electron chi connectivity index (χ1n) is 9.03. The van der Waals surface area contributed by atoms with Gasteiger partial charge in [-0.1, -0.05) is 6.07 Å². The molecule has 2 aliphatic heterocycles. The van der Waals surface area contributed by atoms with Crippen LogP contribution in [0.15, 0.2) is 53.0 Å². The minimum atomic E-state index is -0.0798. The number of nitrogens with zero attached hydrogens (tertiary/aromatic N) is 4. The quantitative estimate of drug-likeness (QED) is 0.687. The summed E-state index contributed by atoms with van der Waals surface area (Å²) < 4.78 is 1.93. The summed E-state index contributed by atoms with van der Waals surface area (Å²) in [4.78, 5) is 36.8. The summed E-state index contributed by atoms with van der Waals surface area (Å²) in [7, 11) is 0. The van der Waals surface area contributed by atoms with Crippen LogP contribution in [-0.4, -0.2) is 38.4 Å². The van der Waals surface area contributed by atoms with E-state index in [1.165, 1.54) is 6.20 Å². The van der Waals surface area contributed by atoms with Gasteiger partial charge >= 0.3 is 0 Å². The Bertz CT molecular complexity index is 1050. The van der Waals surface area contributed by atoms with Crippen molar-refractivity contribution in [2.24, 2.45) is 5.92 Å². The van der Waals surface area contributed by atoms with Crippen LogP contribution in [0.4, 0.5) is 0 Å². The second-order valence-corrected chi connectivity index (χ2v) is 8.11. The lowest BCUT2D eigenvalue weighted by Gasteiger charge is -2.42. The predicted octanol–water partition coefficient (Wildman–Crippen LogP) is 2.63. The first-order chi connectivity index (χ1) is 13.2. The molecule has 5 rings (SSSR count). The number of carbonyl (C=O) groups is 1. The third kappa shape index (κ3) is 2.78. The van der Waals surface area contributed by atoms with Crippen LogP contribution in [0.5, 0.6) is 0 Å². The second kappa shape index (κ2) is 6.42. The standard InChI is InChI=1S/C20H18N4O2S/c25-19-15(18-2-1-7-27-18)3-4-17-14-8-13(11-24(17)19)10-23(12-14)20(26)16-9-21-5-6-22-16/h1-7,9,13-14H,8,10-12H2/t13-,14-/m1/s1. The van der Waals surface area contributed by atoms with Crippen LogP contribution in [0.1, 0.15) is 28.5 Å². The summed E-state index contributed by atoms with van der Waals surface area (Å²) in [6, 6.07) is 7.95. The van der Waals surface area contributed by atoms with E-state index in [1.807, 2.05) is 33.0 Å². The van der Waals surface area contributed by atoms with Crippen LogP contribution in [0.2, 0.25) is 0 Å². The maximum absolute atomic E-state index is 13.1. The van der Waals surface area contributed by atoms with Crippen molar-refractivity contribution in [2.45, 2.75) is 18.9 Å². The van der Waals surface area contributed by atoms with Crippen molar-refractivity contribution < 1.29 is 4.79 Å². The summed E-state index contributed by atoms with van der Waals surface area (Å²) in [5, 5.41) is 1.99. The molecule has 0 N–H and O–H groups in total. The molecule has 2 bridgehead atoms. The van der Waals surface area contributed by atoms with Gasteiger partial charge < -0.3 is 9.47 Å². The van der Waals surface area contributed by atoms with Crippen LogP contribution in [0.3, 0.4) is 0 Å². The summed E-state index contributed by atoms with van der Waals surface area (Å²) in [6.45, 7) is 1.93. The zero-order valence-electron chi connectivity index (χ0n) is 14.6. The fraction of sp³-hybridized carbons (Fsp3) is 0.300. The molecule has 2 aliphatic rings. The molecular formula is C20H18N4O2S. The molecule has 0 unspecified atom stereocenters. The van der Waals surface area contributed by atoms with E-state index < -0.39 is 0 Å². The molecule has 1 amide bonds. The summed E-state index contributed by atoms with van der Waals surface area (Å²) in [5.74, 6) is 0.389. The van der Waals surface area contributed by atoms with Gasteiger partial charge in [0.2, 0.25) is 0 Å². The Morgan fingerprint density at radius 3 is 2.85 bits per heavy atom. The van der Waals surface area contributed by atoms with Gasteiger partial charge in [-0.05, 0) is 35.9 Å². The molecule has 0 aromatic carbocycles. The third-order valence-electron chi connectivity index (χ3n) is 5.46. The summed E-state index contributed by atoms with van der Waals surface area (Å²) in [5.41, 5.74) is 2.26. The molecule has 0 aliphatic carbocycles.